The Morgan fingerprint density at radius 1 is 1.13 bits per heavy atom. The van der Waals surface area contributed by atoms with Crippen molar-refractivity contribution in [1.29, 1.82) is 0 Å². The monoisotopic (exact) mass is 478 g/mol. The summed E-state index contributed by atoms with van der Waals surface area (Å²) in [6.45, 7) is 0.0499. The van der Waals surface area contributed by atoms with E-state index < -0.39 is 21.6 Å². The Kier molecular flexibility index (Phi) is 6.08. The fraction of sp³-hybridized carbons (Fsp3) is 0.143. The number of sulfone groups is 1. The van der Waals surface area contributed by atoms with E-state index in [-0.39, 0.29) is 34.3 Å². The smallest absolute Gasteiger partial charge is 0.230 e. The molecule has 0 aliphatic rings. The number of hydrogen-bond donors (Lipinski definition) is 0. The third-order valence-corrected chi connectivity index (χ3v) is 7.57. The number of rotatable bonds is 7. The predicted molar refractivity (Wildman–Crippen MR) is 118 cm³/mol. The number of anilines is 1. The number of carbonyl (C=O) groups is 1. The van der Waals surface area contributed by atoms with Crippen LogP contribution < -0.4 is 4.90 Å². The third kappa shape index (κ3) is 4.79. The van der Waals surface area contributed by atoms with Gasteiger partial charge in [0.1, 0.15) is 17.1 Å². The van der Waals surface area contributed by atoms with Gasteiger partial charge < -0.3 is 4.42 Å². The molecule has 10 heteroatoms. The summed E-state index contributed by atoms with van der Waals surface area (Å²) in [6, 6.07) is 13.7. The highest BCUT2D eigenvalue weighted by atomic mass is 35.5. The Balaban J connectivity index is 1.59. The number of furan rings is 1. The maximum atomic E-state index is 14.1. The molecule has 0 atom stereocenters. The number of carbonyl (C=O) groups excluding carboxylic acids is 1. The van der Waals surface area contributed by atoms with Gasteiger partial charge in [0.2, 0.25) is 5.91 Å². The van der Waals surface area contributed by atoms with E-state index in [1.807, 2.05) is 0 Å². The molecule has 0 saturated carbocycles. The number of hydrogen-bond acceptors (Lipinski definition) is 6. The summed E-state index contributed by atoms with van der Waals surface area (Å²) in [7, 11) is -3.69. The molecule has 0 aliphatic carbocycles. The molecule has 2 aromatic heterocycles. The highest BCUT2D eigenvalue weighted by Crippen LogP contribution is 2.31. The second kappa shape index (κ2) is 8.78. The van der Waals surface area contributed by atoms with Gasteiger partial charge in [0, 0.05) is 11.4 Å². The zero-order valence-electron chi connectivity index (χ0n) is 16.0. The lowest BCUT2D eigenvalue weighted by atomic mass is 10.3. The SMILES string of the molecule is O=C(CCS(=O)(=O)c1ccc(Cl)cc1)N(Cc1ccco1)c1nc2c(F)cccc2s1. The Morgan fingerprint density at radius 2 is 1.90 bits per heavy atom. The lowest BCUT2D eigenvalue weighted by Gasteiger charge is -2.18. The molecule has 0 N–H and O–H groups in total. The second-order valence-corrected chi connectivity index (χ2v) is 10.2. The molecule has 0 unspecified atom stereocenters. The summed E-state index contributed by atoms with van der Waals surface area (Å²) < 4.78 is 45.2. The Morgan fingerprint density at radius 3 is 2.58 bits per heavy atom. The second-order valence-electron chi connectivity index (χ2n) is 6.67. The first-order chi connectivity index (χ1) is 14.8. The number of benzene rings is 2. The van der Waals surface area contributed by atoms with E-state index in [1.54, 1.807) is 24.3 Å². The number of nitrogens with zero attached hydrogens (tertiary/aromatic N) is 2. The zero-order chi connectivity index (χ0) is 22.0. The van der Waals surface area contributed by atoms with Crippen LogP contribution in [0.5, 0.6) is 0 Å². The van der Waals surface area contributed by atoms with E-state index in [1.165, 1.54) is 41.5 Å². The van der Waals surface area contributed by atoms with Crippen LogP contribution in [0.3, 0.4) is 0 Å². The summed E-state index contributed by atoms with van der Waals surface area (Å²) in [5, 5.41) is 0.688. The van der Waals surface area contributed by atoms with E-state index in [4.69, 9.17) is 16.0 Å². The maximum Gasteiger partial charge on any atom is 0.230 e. The summed E-state index contributed by atoms with van der Waals surface area (Å²) in [5.74, 6) is -0.848. The van der Waals surface area contributed by atoms with Crippen LogP contribution in [0.25, 0.3) is 10.2 Å². The molecule has 2 heterocycles. The van der Waals surface area contributed by atoms with Gasteiger partial charge in [-0.1, -0.05) is 29.0 Å². The summed E-state index contributed by atoms with van der Waals surface area (Å²) in [4.78, 5) is 18.7. The van der Waals surface area contributed by atoms with Crippen molar-refractivity contribution in [2.45, 2.75) is 17.9 Å². The Hall–Kier alpha value is -2.75. The van der Waals surface area contributed by atoms with Crippen LogP contribution in [0.2, 0.25) is 5.02 Å². The molecular formula is C21H16ClFN2O4S2. The first-order valence-corrected chi connectivity index (χ1v) is 12.0. The largest absolute Gasteiger partial charge is 0.467 e. The maximum absolute atomic E-state index is 14.1. The Bertz CT molecular complexity index is 1320. The van der Waals surface area contributed by atoms with E-state index in [0.29, 0.717) is 15.5 Å². The molecule has 0 bridgehead atoms. The van der Waals surface area contributed by atoms with Crippen molar-refractivity contribution >= 4 is 54.0 Å². The van der Waals surface area contributed by atoms with Crippen LogP contribution in [0.15, 0.2) is 70.2 Å². The van der Waals surface area contributed by atoms with Crippen LogP contribution in [0, 0.1) is 5.82 Å². The van der Waals surface area contributed by atoms with Crippen molar-refractivity contribution in [3.05, 3.63) is 77.5 Å². The molecular weight excluding hydrogens is 463 g/mol. The van der Waals surface area contributed by atoms with Crippen LogP contribution in [-0.2, 0) is 21.2 Å². The van der Waals surface area contributed by atoms with Crippen molar-refractivity contribution in [3.63, 3.8) is 0 Å². The summed E-state index contributed by atoms with van der Waals surface area (Å²) in [6.07, 6.45) is 1.20. The molecule has 0 saturated heterocycles. The quantitative estimate of drug-likeness (QED) is 0.370. The van der Waals surface area contributed by atoms with Crippen molar-refractivity contribution in [1.82, 2.24) is 4.98 Å². The number of aromatic nitrogens is 1. The van der Waals surface area contributed by atoms with Gasteiger partial charge in [0.25, 0.3) is 0 Å². The average Bonchev–Trinajstić information content (AvgIpc) is 3.41. The van der Waals surface area contributed by atoms with Crippen molar-refractivity contribution in [2.75, 3.05) is 10.7 Å². The standard InChI is InChI=1S/C21H16ClFN2O4S2/c22-14-6-8-16(9-7-14)31(27,28)12-10-19(26)25(13-15-3-2-11-29-15)21-24-20-17(23)4-1-5-18(20)30-21/h1-9,11H,10,12-13H2. The van der Waals surface area contributed by atoms with E-state index in [0.717, 1.165) is 11.3 Å². The highest BCUT2D eigenvalue weighted by molar-refractivity contribution is 7.91. The normalized spacial score (nSPS) is 11.7. The first-order valence-electron chi connectivity index (χ1n) is 9.19. The van der Waals surface area contributed by atoms with Crippen LogP contribution in [0.4, 0.5) is 9.52 Å². The minimum atomic E-state index is -3.69. The fourth-order valence-electron chi connectivity index (χ4n) is 2.96. The third-order valence-electron chi connectivity index (χ3n) is 4.54. The van der Waals surface area contributed by atoms with Gasteiger partial charge in [-0.2, -0.15) is 0 Å². The molecule has 1 amide bonds. The van der Waals surface area contributed by atoms with E-state index in [2.05, 4.69) is 4.98 Å². The van der Waals surface area contributed by atoms with Gasteiger partial charge in [-0.25, -0.2) is 17.8 Å². The van der Waals surface area contributed by atoms with Crippen LogP contribution in [-0.4, -0.2) is 25.1 Å². The van der Waals surface area contributed by atoms with Gasteiger partial charge in [-0.3, -0.25) is 9.69 Å². The lowest BCUT2D eigenvalue weighted by molar-refractivity contribution is -0.118. The molecule has 4 aromatic rings. The number of amides is 1. The minimum Gasteiger partial charge on any atom is -0.467 e. The number of fused-ring (bicyclic) bond motifs is 1. The highest BCUT2D eigenvalue weighted by Gasteiger charge is 2.24. The molecule has 160 valence electrons. The van der Waals surface area contributed by atoms with Gasteiger partial charge in [0.15, 0.2) is 15.0 Å². The summed E-state index contributed by atoms with van der Waals surface area (Å²) in [5.41, 5.74) is 0.161. The zero-order valence-corrected chi connectivity index (χ0v) is 18.4. The van der Waals surface area contributed by atoms with E-state index in [9.17, 15) is 17.6 Å². The Labute approximate surface area is 186 Å². The number of para-hydroxylation sites is 1. The topological polar surface area (TPSA) is 80.5 Å². The van der Waals surface area contributed by atoms with Gasteiger partial charge in [0.05, 0.1) is 28.2 Å². The molecule has 0 radical (unpaired) electrons. The minimum absolute atomic E-state index is 0.0499. The molecule has 0 fully saturated rings. The van der Waals surface area contributed by atoms with E-state index >= 15 is 0 Å². The van der Waals surface area contributed by atoms with Crippen molar-refractivity contribution in [2.24, 2.45) is 0 Å². The molecule has 0 spiro atoms. The lowest BCUT2D eigenvalue weighted by Crippen LogP contribution is -2.31. The average molecular weight is 479 g/mol. The van der Waals surface area contributed by atoms with Gasteiger partial charge in [-0.05, 0) is 48.5 Å². The first kappa shape index (κ1) is 21.5. The molecule has 6 nitrogen and oxygen atoms in total. The fourth-order valence-corrected chi connectivity index (χ4v) is 5.31. The van der Waals surface area contributed by atoms with Crippen molar-refractivity contribution < 1.29 is 22.0 Å². The predicted octanol–water partition coefficient (Wildman–Crippen LogP) is 5.08. The van der Waals surface area contributed by atoms with Crippen LogP contribution >= 0.6 is 22.9 Å². The molecule has 4 rings (SSSR count). The van der Waals surface area contributed by atoms with Crippen molar-refractivity contribution in [3.8, 4) is 0 Å². The summed E-state index contributed by atoms with van der Waals surface area (Å²) >= 11 is 6.96. The van der Waals surface area contributed by atoms with Gasteiger partial charge in [-0.15, -0.1) is 0 Å². The molecule has 2 aromatic carbocycles. The molecule has 0 aliphatic heterocycles. The van der Waals surface area contributed by atoms with Gasteiger partial charge >= 0.3 is 0 Å². The number of thiazole rings is 1. The molecule has 31 heavy (non-hydrogen) atoms. The van der Waals surface area contributed by atoms with Crippen LogP contribution in [0.1, 0.15) is 12.2 Å². The number of halogens is 2.